The molecule has 3 heteroatoms. The zero-order valence-electron chi connectivity index (χ0n) is 9.45. The summed E-state index contributed by atoms with van der Waals surface area (Å²) in [5, 5.41) is 9.93. The molecule has 2 nitrogen and oxygen atoms in total. The highest BCUT2D eigenvalue weighted by Gasteiger charge is 2.26. The average Bonchev–Trinajstić information content (AvgIpc) is 2.21. The van der Waals surface area contributed by atoms with Crippen LogP contribution in [0.5, 0.6) is 0 Å². The van der Waals surface area contributed by atoms with Crippen LogP contribution < -0.4 is 0 Å². The van der Waals surface area contributed by atoms with E-state index >= 15 is 0 Å². The van der Waals surface area contributed by atoms with E-state index in [4.69, 9.17) is 21.4 Å². The SMILES string of the molecule is Cc1cc(COC[C@H]2C[C@@H](O)C2)ccc1Cl. The fraction of sp³-hybridized carbons (Fsp3) is 0.538. The Kier molecular flexibility index (Phi) is 3.85. The number of hydrogen-bond donors (Lipinski definition) is 1. The van der Waals surface area contributed by atoms with E-state index < -0.39 is 0 Å². The monoisotopic (exact) mass is 240 g/mol. The third-order valence-electron chi connectivity index (χ3n) is 3.06. The molecule has 1 aliphatic rings. The van der Waals surface area contributed by atoms with E-state index in [1.807, 2.05) is 19.1 Å². The van der Waals surface area contributed by atoms with E-state index in [2.05, 4.69) is 6.07 Å². The van der Waals surface area contributed by atoms with E-state index in [1.54, 1.807) is 0 Å². The Morgan fingerprint density at radius 1 is 1.44 bits per heavy atom. The van der Waals surface area contributed by atoms with Crippen molar-refractivity contribution in [1.29, 1.82) is 0 Å². The first-order valence-corrected chi connectivity index (χ1v) is 6.04. The molecular weight excluding hydrogens is 224 g/mol. The molecule has 0 heterocycles. The Hall–Kier alpha value is -0.570. The molecule has 1 fully saturated rings. The Morgan fingerprint density at radius 2 is 2.19 bits per heavy atom. The van der Waals surface area contributed by atoms with Crippen LogP contribution in [0.1, 0.15) is 24.0 Å². The van der Waals surface area contributed by atoms with Crippen molar-refractivity contribution in [3.63, 3.8) is 0 Å². The number of halogens is 1. The molecule has 1 aromatic carbocycles. The molecule has 0 radical (unpaired) electrons. The van der Waals surface area contributed by atoms with Gasteiger partial charge in [0.15, 0.2) is 0 Å². The Morgan fingerprint density at radius 3 is 2.81 bits per heavy atom. The van der Waals surface area contributed by atoms with Crippen LogP contribution in [0.15, 0.2) is 18.2 Å². The van der Waals surface area contributed by atoms with Gasteiger partial charge in [0, 0.05) is 5.02 Å². The first kappa shape index (κ1) is 11.9. The number of ether oxygens (including phenoxy) is 1. The number of aliphatic hydroxyl groups excluding tert-OH is 1. The molecule has 1 aliphatic carbocycles. The molecule has 0 bridgehead atoms. The van der Waals surface area contributed by atoms with Crippen LogP contribution in [-0.4, -0.2) is 17.8 Å². The van der Waals surface area contributed by atoms with Crippen LogP contribution in [0.3, 0.4) is 0 Å². The zero-order chi connectivity index (χ0) is 11.5. The second-order valence-electron chi connectivity index (χ2n) is 4.59. The van der Waals surface area contributed by atoms with Crippen LogP contribution in [-0.2, 0) is 11.3 Å². The zero-order valence-corrected chi connectivity index (χ0v) is 10.2. The maximum Gasteiger partial charge on any atom is 0.0717 e. The van der Waals surface area contributed by atoms with Gasteiger partial charge in [0.2, 0.25) is 0 Å². The van der Waals surface area contributed by atoms with E-state index in [1.165, 1.54) is 0 Å². The van der Waals surface area contributed by atoms with Crippen LogP contribution in [0.25, 0.3) is 0 Å². The minimum absolute atomic E-state index is 0.0913. The van der Waals surface area contributed by atoms with Crippen LogP contribution in [0.2, 0.25) is 5.02 Å². The number of aryl methyl sites for hydroxylation is 1. The van der Waals surface area contributed by atoms with Gasteiger partial charge in [-0.15, -0.1) is 0 Å². The summed E-state index contributed by atoms with van der Waals surface area (Å²) in [6.45, 7) is 3.37. The van der Waals surface area contributed by atoms with E-state index in [0.29, 0.717) is 12.5 Å². The molecule has 0 spiro atoms. The van der Waals surface area contributed by atoms with Crippen LogP contribution in [0, 0.1) is 12.8 Å². The molecule has 1 aromatic rings. The van der Waals surface area contributed by atoms with Crippen molar-refractivity contribution in [3.05, 3.63) is 34.3 Å². The van der Waals surface area contributed by atoms with Crippen molar-refractivity contribution in [2.24, 2.45) is 5.92 Å². The lowest BCUT2D eigenvalue weighted by atomic mass is 9.83. The predicted octanol–water partition coefficient (Wildman–Crippen LogP) is 2.94. The van der Waals surface area contributed by atoms with Gasteiger partial charge in [-0.05, 0) is 42.9 Å². The van der Waals surface area contributed by atoms with E-state index in [0.717, 1.165) is 35.6 Å². The first-order chi connectivity index (χ1) is 7.65. The molecule has 16 heavy (non-hydrogen) atoms. The summed E-state index contributed by atoms with van der Waals surface area (Å²) in [5.74, 6) is 0.545. The highest BCUT2D eigenvalue weighted by molar-refractivity contribution is 6.31. The predicted molar refractivity (Wildman–Crippen MR) is 64.6 cm³/mol. The molecular formula is C13H17ClO2. The van der Waals surface area contributed by atoms with Gasteiger partial charge in [0.1, 0.15) is 0 Å². The van der Waals surface area contributed by atoms with Gasteiger partial charge in [-0.3, -0.25) is 0 Å². The molecule has 0 amide bonds. The second-order valence-corrected chi connectivity index (χ2v) is 5.00. The smallest absolute Gasteiger partial charge is 0.0717 e. The summed E-state index contributed by atoms with van der Waals surface area (Å²) >= 11 is 5.94. The molecule has 1 N–H and O–H groups in total. The van der Waals surface area contributed by atoms with Gasteiger partial charge in [-0.25, -0.2) is 0 Å². The fourth-order valence-corrected chi connectivity index (χ4v) is 2.09. The quantitative estimate of drug-likeness (QED) is 0.877. The summed E-state index contributed by atoms with van der Waals surface area (Å²) in [4.78, 5) is 0. The standard InChI is InChI=1S/C13H17ClO2/c1-9-4-10(2-3-13(9)14)7-16-8-11-5-12(15)6-11/h2-4,11-12,15H,5-8H2,1H3/t11-,12+. The molecule has 0 saturated heterocycles. The van der Waals surface area contributed by atoms with E-state index in [-0.39, 0.29) is 6.10 Å². The van der Waals surface area contributed by atoms with Gasteiger partial charge in [-0.1, -0.05) is 23.7 Å². The summed E-state index contributed by atoms with van der Waals surface area (Å²) in [6, 6.07) is 5.95. The molecule has 0 aliphatic heterocycles. The number of rotatable bonds is 4. The maximum atomic E-state index is 9.13. The number of hydrogen-bond acceptors (Lipinski definition) is 2. The number of aliphatic hydroxyl groups is 1. The van der Waals surface area contributed by atoms with Crippen molar-refractivity contribution in [2.75, 3.05) is 6.61 Å². The average molecular weight is 241 g/mol. The van der Waals surface area contributed by atoms with E-state index in [9.17, 15) is 0 Å². The Labute approximate surface area is 101 Å². The summed E-state index contributed by atoms with van der Waals surface area (Å²) in [5.41, 5.74) is 2.24. The van der Waals surface area contributed by atoms with Gasteiger partial charge in [0.05, 0.1) is 19.3 Å². The maximum absolute atomic E-state index is 9.13. The normalized spacial score (nSPS) is 24.2. The van der Waals surface area contributed by atoms with Gasteiger partial charge in [0.25, 0.3) is 0 Å². The molecule has 2 rings (SSSR count). The van der Waals surface area contributed by atoms with Gasteiger partial charge in [-0.2, -0.15) is 0 Å². The Bertz CT molecular complexity index is 359. The summed E-state index contributed by atoms with van der Waals surface area (Å²) in [7, 11) is 0. The number of benzene rings is 1. The largest absolute Gasteiger partial charge is 0.393 e. The van der Waals surface area contributed by atoms with Gasteiger partial charge >= 0.3 is 0 Å². The lowest BCUT2D eigenvalue weighted by Gasteiger charge is -2.30. The fourth-order valence-electron chi connectivity index (χ4n) is 1.98. The Balaban J connectivity index is 1.74. The molecule has 88 valence electrons. The lowest BCUT2D eigenvalue weighted by Crippen LogP contribution is -2.31. The van der Waals surface area contributed by atoms with Crippen molar-refractivity contribution in [3.8, 4) is 0 Å². The summed E-state index contributed by atoms with van der Waals surface area (Å²) in [6.07, 6.45) is 1.69. The second kappa shape index (κ2) is 5.17. The minimum Gasteiger partial charge on any atom is -0.393 e. The first-order valence-electron chi connectivity index (χ1n) is 5.66. The third-order valence-corrected chi connectivity index (χ3v) is 3.48. The van der Waals surface area contributed by atoms with Crippen molar-refractivity contribution < 1.29 is 9.84 Å². The molecule has 1 saturated carbocycles. The van der Waals surface area contributed by atoms with Crippen LogP contribution >= 0.6 is 11.6 Å². The lowest BCUT2D eigenvalue weighted by molar-refractivity contribution is -0.0145. The van der Waals surface area contributed by atoms with Crippen molar-refractivity contribution in [1.82, 2.24) is 0 Å². The minimum atomic E-state index is -0.0913. The molecule has 0 aromatic heterocycles. The van der Waals surface area contributed by atoms with Crippen molar-refractivity contribution in [2.45, 2.75) is 32.5 Å². The molecule has 0 unspecified atom stereocenters. The third kappa shape index (κ3) is 2.97. The van der Waals surface area contributed by atoms with Gasteiger partial charge < -0.3 is 9.84 Å². The topological polar surface area (TPSA) is 29.5 Å². The summed E-state index contributed by atoms with van der Waals surface area (Å²) < 4.78 is 5.61. The highest BCUT2D eigenvalue weighted by atomic mass is 35.5. The van der Waals surface area contributed by atoms with Crippen LogP contribution in [0.4, 0.5) is 0 Å². The molecule has 0 atom stereocenters. The van der Waals surface area contributed by atoms with Crippen molar-refractivity contribution >= 4 is 11.6 Å². The highest BCUT2D eigenvalue weighted by Crippen LogP contribution is 2.27.